The van der Waals surface area contributed by atoms with E-state index in [-0.39, 0.29) is 5.97 Å². The molecular formula is C16H19NO2S. The van der Waals surface area contributed by atoms with Crippen LogP contribution in [-0.2, 0) is 11.3 Å². The Bertz CT molecular complexity index is 661. The molecule has 0 N–H and O–H groups in total. The summed E-state index contributed by atoms with van der Waals surface area (Å²) in [6, 6.07) is 4.31. The fourth-order valence-corrected chi connectivity index (χ4v) is 4.08. The standard InChI is InChI=1S/C16H19NO2S/c1-2-19-16(18)13-7-12-8-14(11-5-6-11)20-15(12)17(13)9-10-3-4-10/h7-8,10-11H,2-6,9H2,1H3. The summed E-state index contributed by atoms with van der Waals surface area (Å²) in [5, 5.41) is 1.22. The molecule has 0 atom stereocenters. The molecule has 0 radical (unpaired) electrons. The molecule has 0 saturated heterocycles. The molecule has 2 aromatic heterocycles. The maximum absolute atomic E-state index is 12.1. The van der Waals surface area contributed by atoms with Crippen molar-refractivity contribution in [3.63, 3.8) is 0 Å². The van der Waals surface area contributed by atoms with E-state index in [0.717, 1.165) is 24.1 Å². The third-order valence-corrected chi connectivity index (χ3v) is 5.53. The van der Waals surface area contributed by atoms with Crippen molar-refractivity contribution < 1.29 is 9.53 Å². The lowest BCUT2D eigenvalue weighted by Crippen LogP contribution is -2.12. The van der Waals surface area contributed by atoms with Gasteiger partial charge in [-0.1, -0.05) is 0 Å². The topological polar surface area (TPSA) is 31.2 Å². The van der Waals surface area contributed by atoms with Gasteiger partial charge in [-0.2, -0.15) is 0 Å². The monoisotopic (exact) mass is 289 g/mol. The molecule has 0 aliphatic heterocycles. The maximum Gasteiger partial charge on any atom is 0.354 e. The predicted octanol–water partition coefficient (Wildman–Crippen LogP) is 4.17. The van der Waals surface area contributed by atoms with E-state index in [1.807, 2.05) is 24.3 Å². The fourth-order valence-electron chi connectivity index (χ4n) is 2.75. The molecular weight excluding hydrogens is 270 g/mol. The van der Waals surface area contributed by atoms with E-state index < -0.39 is 0 Å². The van der Waals surface area contributed by atoms with Crippen molar-refractivity contribution in [2.75, 3.05) is 6.61 Å². The normalized spacial score (nSPS) is 18.6. The van der Waals surface area contributed by atoms with Gasteiger partial charge in [-0.15, -0.1) is 11.3 Å². The van der Waals surface area contributed by atoms with Crippen LogP contribution < -0.4 is 0 Å². The van der Waals surface area contributed by atoms with Crippen molar-refractivity contribution in [2.24, 2.45) is 5.92 Å². The average Bonchev–Trinajstić information content (AvgIpc) is 3.33. The SMILES string of the molecule is CCOC(=O)c1cc2cc(C3CC3)sc2n1CC1CC1. The van der Waals surface area contributed by atoms with E-state index in [9.17, 15) is 4.79 Å². The van der Waals surface area contributed by atoms with Gasteiger partial charge in [0.15, 0.2) is 0 Å². The fraction of sp³-hybridized carbons (Fsp3) is 0.562. The van der Waals surface area contributed by atoms with Crippen molar-refractivity contribution in [1.29, 1.82) is 0 Å². The summed E-state index contributed by atoms with van der Waals surface area (Å²) in [5.74, 6) is 1.36. The molecule has 2 fully saturated rings. The first-order chi connectivity index (χ1) is 9.76. The Morgan fingerprint density at radius 2 is 2.15 bits per heavy atom. The molecule has 20 heavy (non-hydrogen) atoms. The number of fused-ring (bicyclic) bond motifs is 1. The number of aromatic nitrogens is 1. The lowest BCUT2D eigenvalue weighted by Gasteiger charge is -2.08. The molecule has 2 aliphatic rings. The summed E-state index contributed by atoms with van der Waals surface area (Å²) in [5.41, 5.74) is 0.738. The van der Waals surface area contributed by atoms with Gasteiger partial charge in [-0.3, -0.25) is 0 Å². The molecule has 106 valence electrons. The van der Waals surface area contributed by atoms with E-state index in [4.69, 9.17) is 4.74 Å². The maximum atomic E-state index is 12.1. The van der Waals surface area contributed by atoms with Crippen LogP contribution in [0.3, 0.4) is 0 Å². The highest BCUT2D eigenvalue weighted by Crippen LogP contribution is 2.46. The Kier molecular flexibility index (Phi) is 2.88. The number of hydrogen-bond donors (Lipinski definition) is 0. The molecule has 4 heteroatoms. The van der Waals surface area contributed by atoms with Gasteiger partial charge in [0.25, 0.3) is 0 Å². The number of thiophene rings is 1. The van der Waals surface area contributed by atoms with Gasteiger partial charge in [-0.25, -0.2) is 4.79 Å². The van der Waals surface area contributed by atoms with Crippen LogP contribution in [-0.4, -0.2) is 17.1 Å². The highest BCUT2D eigenvalue weighted by molar-refractivity contribution is 7.18. The number of hydrogen-bond acceptors (Lipinski definition) is 3. The first kappa shape index (κ1) is 12.5. The summed E-state index contributed by atoms with van der Waals surface area (Å²) in [6.45, 7) is 3.27. The van der Waals surface area contributed by atoms with E-state index in [1.54, 1.807) is 0 Å². The molecule has 0 amide bonds. The number of carbonyl (C=O) groups excluding carboxylic acids is 1. The minimum atomic E-state index is -0.176. The van der Waals surface area contributed by atoms with Gasteiger partial charge in [0, 0.05) is 16.8 Å². The minimum Gasteiger partial charge on any atom is -0.461 e. The molecule has 3 nitrogen and oxygen atoms in total. The molecule has 0 bridgehead atoms. The van der Waals surface area contributed by atoms with Crippen molar-refractivity contribution in [2.45, 2.75) is 45.1 Å². The third kappa shape index (κ3) is 2.16. The van der Waals surface area contributed by atoms with Gasteiger partial charge in [0.2, 0.25) is 0 Å². The quantitative estimate of drug-likeness (QED) is 0.774. The predicted molar refractivity (Wildman–Crippen MR) is 80.5 cm³/mol. The Morgan fingerprint density at radius 1 is 1.35 bits per heavy atom. The molecule has 2 aromatic rings. The smallest absolute Gasteiger partial charge is 0.354 e. The molecule has 0 unspecified atom stereocenters. The lowest BCUT2D eigenvalue weighted by molar-refractivity contribution is 0.0514. The molecule has 2 aliphatic carbocycles. The van der Waals surface area contributed by atoms with Crippen LogP contribution in [0.25, 0.3) is 10.2 Å². The second kappa shape index (κ2) is 4.62. The Hall–Kier alpha value is -1.29. The first-order valence-corrected chi connectivity index (χ1v) is 8.38. The number of ether oxygens (including phenoxy) is 1. The van der Waals surface area contributed by atoms with E-state index in [1.165, 1.54) is 40.8 Å². The molecule has 2 heterocycles. The van der Waals surface area contributed by atoms with E-state index in [2.05, 4.69) is 10.6 Å². The van der Waals surface area contributed by atoms with Crippen LogP contribution in [0.5, 0.6) is 0 Å². The Morgan fingerprint density at radius 3 is 2.80 bits per heavy atom. The summed E-state index contributed by atoms with van der Waals surface area (Å²) in [4.78, 5) is 14.9. The summed E-state index contributed by atoms with van der Waals surface area (Å²) < 4.78 is 7.41. The van der Waals surface area contributed by atoms with Gasteiger partial charge in [0.05, 0.1) is 6.61 Å². The van der Waals surface area contributed by atoms with Crippen molar-refractivity contribution in [3.8, 4) is 0 Å². The van der Waals surface area contributed by atoms with Crippen LogP contribution in [0, 0.1) is 5.92 Å². The number of esters is 1. The zero-order valence-corrected chi connectivity index (χ0v) is 12.5. The lowest BCUT2D eigenvalue weighted by atomic mass is 10.3. The molecule has 0 aromatic carbocycles. The zero-order chi connectivity index (χ0) is 13.7. The number of rotatable bonds is 5. The molecule has 4 rings (SSSR count). The summed E-state index contributed by atoms with van der Waals surface area (Å²) in [6.07, 6.45) is 5.25. The Balaban J connectivity index is 1.76. The van der Waals surface area contributed by atoms with Crippen LogP contribution in [0.15, 0.2) is 12.1 Å². The third-order valence-electron chi connectivity index (χ3n) is 4.19. The molecule has 0 spiro atoms. The minimum absolute atomic E-state index is 0.176. The van der Waals surface area contributed by atoms with Crippen LogP contribution in [0.1, 0.15) is 53.9 Å². The first-order valence-electron chi connectivity index (χ1n) is 7.56. The van der Waals surface area contributed by atoms with E-state index >= 15 is 0 Å². The highest BCUT2D eigenvalue weighted by atomic mass is 32.1. The summed E-state index contributed by atoms with van der Waals surface area (Å²) in [7, 11) is 0. The van der Waals surface area contributed by atoms with Crippen molar-refractivity contribution in [3.05, 3.63) is 22.7 Å². The van der Waals surface area contributed by atoms with Crippen LogP contribution >= 0.6 is 11.3 Å². The van der Waals surface area contributed by atoms with Gasteiger partial charge in [-0.05, 0) is 56.6 Å². The van der Waals surface area contributed by atoms with Crippen molar-refractivity contribution in [1.82, 2.24) is 4.57 Å². The van der Waals surface area contributed by atoms with Crippen LogP contribution in [0.4, 0.5) is 0 Å². The zero-order valence-electron chi connectivity index (χ0n) is 11.7. The largest absolute Gasteiger partial charge is 0.461 e. The highest BCUT2D eigenvalue weighted by Gasteiger charge is 2.29. The second-order valence-electron chi connectivity index (χ2n) is 5.99. The average molecular weight is 289 g/mol. The number of nitrogens with zero attached hydrogens (tertiary/aromatic N) is 1. The summed E-state index contributed by atoms with van der Waals surface area (Å²) >= 11 is 1.88. The second-order valence-corrected chi connectivity index (χ2v) is 7.05. The van der Waals surface area contributed by atoms with Crippen LogP contribution in [0.2, 0.25) is 0 Å². The van der Waals surface area contributed by atoms with Gasteiger partial charge >= 0.3 is 5.97 Å². The van der Waals surface area contributed by atoms with E-state index in [0.29, 0.717) is 6.61 Å². The molecule has 2 saturated carbocycles. The van der Waals surface area contributed by atoms with Crippen molar-refractivity contribution >= 4 is 27.5 Å². The Labute approximate surface area is 122 Å². The van der Waals surface area contributed by atoms with Gasteiger partial charge < -0.3 is 9.30 Å². The van der Waals surface area contributed by atoms with Gasteiger partial charge in [0.1, 0.15) is 10.5 Å². The number of carbonyl (C=O) groups is 1.